The fourth-order valence-corrected chi connectivity index (χ4v) is 4.67. The zero-order valence-electron chi connectivity index (χ0n) is 18.7. The van der Waals surface area contributed by atoms with Crippen molar-refractivity contribution in [2.45, 2.75) is 36.7 Å². The maximum absolute atomic E-state index is 14.2. The summed E-state index contributed by atoms with van der Waals surface area (Å²) in [5.41, 5.74) is 0.487. The van der Waals surface area contributed by atoms with E-state index in [2.05, 4.69) is 28.2 Å². The van der Waals surface area contributed by atoms with Crippen LogP contribution in [0, 0.1) is 29.6 Å². The number of carbonyl (C=O) groups excluding carboxylic acids is 2. The summed E-state index contributed by atoms with van der Waals surface area (Å²) in [5, 5.41) is 8.89. The lowest BCUT2D eigenvalue weighted by atomic mass is 10.1. The molecular weight excluding hydrogens is 508 g/mol. The predicted molar refractivity (Wildman–Crippen MR) is 118 cm³/mol. The minimum atomic E-state index is -4.76. The largest absolute Gasteiger partial charge is 0.469 e. The van der Waals surface area contributed by atoms with Gasteiger partial charge in [-0.15, -0.1) is 0 Å². The normalized spacial score (nSPS) is 22.9. The highest BCUT2D eigenvalue weighted by molar-refractivity contribution is 7.92. The summed E-state index contributed by atoms with van der Waals surface area (Å²) in [7, 11) is -8.65. The van der Waals surface area contributed by atoms with Crippen LogP contribution in [0.25, 0.3) is 0 Å². The van der Waals surface area contributed by atoms with Gasteiger partial charge in [-0.1, -0.05) is 11.8 Å². The lowest BCUT2D eigenvalue weighted by Crippen LogP contribution is -2.50. The van der Waals surface area contributed by atoms with Gasteiger partial charge in [0, 0.05) is 36.7 Å². The second-order valence-electron chi connectivity index (χ2n) is 8.56. The Morgan fingerprint density at radius 2 is 2.11 bits per heavy atom. The fraction of sp³-hybridized carbons (Fsp3) is 0.500. The molecule has 1 aliphatic carbocycles. The SMILES string of the molecule is C[C@@](CCN1Cc2cc(C#CC#C[C@H]3CC3(F)COP(=O)(O)O)cn2C1=O)(C(=O)NO)S(C)(=O)=O. The molecule has 0 saturated heterocycles. The second-order valence-corrected chi connectivity index (χ2v) is 12.2. The Hall–Kier alpha value is -2.71. The number of aromatic nitrogens is 1. The maximum atomic E-state index is 14.2. The minimum absolute atomic E-state index is 0.0229. The van der Waals surface area contributed by atoms with Crippen LogP contribution >= 0.6 is 7.82 Å². The van der Waals surface area contributed by atoms with E-state index in [1.165, 1.54) is 28.1 Å². The maximum Gasteiger partial charge on any atom is 0.469 e. The van der Waals surface area contributed by atoms with Crippen LogP contribution < -0.4 is 5.48 Å². The van der Waals surface area contributed by atoms with Crippen molar-refractivity contribution in [2.75, 3.05) is 19.4 Å². The van der Waals surface area contributed by atoms with Crippen LogP contribution in [0.2, 0.25) is 0 Å². The first-order valence-corrected chi connectivity index (χ1v) is 13.6. The number of hydroxylamine groups is 1. The van der Waals surface area contributed by atoms with Gasteiger partial charge in [-0.05, 0) is 31.3 Å². The van der Waals surface area contributed by atoms with Gasteiger partial charge >= 0.3 is 13.9 Å². The number of nitrogens with one attached hydrogen (secondary N) is 1. The minimum Gasteiger partial charge on any atom is -0.318 e. The molecule has 190 valence electrons. The van der Waals surface area contributed by atoms with Crippen molar-refractivity contribution in [3.63, 3.8) is 0 Å². The second kappa shape index (κ2) is 9.39. The molecule has 12 nitrogen and oxygen atoms in total. The molecule has 0 bridgehead atoms. The van der Waals surface area contributed by atoms with Crippen LogP contribution in [0.4, 0.5) is 9.18 Å². The lowest BCUT2D eigenvalue weighted by molar-refractivity contribution is -0.131. The molecule has 1 aromatic heterocycles. The number of sulfone groups is 1. The third-order valence-corrected chi connectivity index (χ3v) is 8.48. The molecule has 1 fully saturated rings. The molecule has 3 rings (SSSR count). The summed E-state index contributed by atoms with van der Waals surface area (Å²) in [6, 6.07) is 1.19. The van der Waals surface area contributed by atoms with Crippen LogP contribution in [-0.2, 0) is 30.3 Å². The van der Waals surface area contributed by atoms with Gasteiger partial charge in [-0.2, -0.15) is 0 Å². The summed E-state index contributed by atoms with van der Waals surface area (Å²) < 4.78 is 52.5. The number of rotatable bonds is 8. The van der Waals surface area contributed by atoms with Crippen molar-refractivity contribution in [3.8, 4) is 23.7 Å². The smallest absolute Gasteiger partial charge is 0.318 e. The molecule has 2 amide bonds. The molecule has 0 radical (unpaired) electrons. The van der Waals surface area contributed by atoms with Crippen LogP contribution in [0.5, 0.6) is 0 Å². The zero-order chi connectivity index (χ0) is 26.2. The van der Waals surface area contributed by atoms with Crippen molar-refractivity contribution in [1.29, 1.82) is 0 Å². The number of amides is 2. The van der Waals surface area contributed by atoms with Crippen molar-refractivity contribution in [3.05, 3.63) is 23.5 Å². The molecule has 1 unspecified atom stereocenters. The topological polar surface area (TPSA) is 175 Å². The lowest BCUT2D eigenvalue weighted by Gasteiger charge is -2.27. The fourth-order valence-electron chi connectivity index (χ4n) is 3.44. The summed E-state index contributed by atoms with van der Waals surface area (Å²) in [5.74, 6) is 8.46. The van der Waals surface area contributed by atoms with Gasteiger partial charge < -0.3 is 14.7 Å². The molecule has 0 aromatic carbocycles. The Bertz CT molecular complexity index is 1330. The molecule has 15 heteroatoms. The average molecular weight is 531 g/mol. The Kier molecular flexibility index (Phi) is 7.21. The van der Waals surface area contributed by atoms with Crippen LogP contribution in [0.15, 0.2) is 12.3 Å². The number of phosphoric ester groups is 1. The van der Waals surface area contributed by atoms with Crippen LogP contribution in [0.1, 0.15) is 31.0 Å². The molecule has 1 aliphatic heterocycles. The van der Waals surface area contributed by atoms with E-state index in [1.807, 2.05) is 0 Å². The van der Waals surface area contributed by atoms with Crippen molar-refractivity contribution in [1.82, 2.24) is 14.9 Å². The van der Waals surface area contributed by atoms with Gasteiger partial charge in [0.2, 0.25) is 0 Å². The summed E-state index contributed by atoms with van der Waals surface area (Å²) in [4.78, 5) is 43.2. The first-order chi connectivity index (χ1) is 16.1. The molecule has 1 saturated carbocycles. The number of hydrogen-bond donors (Lipinski definition) is 4. The number of carbonyl (C=O) groups is 2. The van der Waals surface area contributed by atoms with E-state index >= 15 is 0 Å². The van der Waals surface area contributed by atoms with E-state index in [4.69, 9.17) is 15.0 Å². The molecule has 0 spiro atoms. The quantitative estimate of drug-likeness (QED) is 0.158. The molecule has 2 heterocycles. The van der Waals surface area contributed by atoms with Gasteiger partial charge in [0.05, 0.1) is 19.1 Å². The number of nitrogens with zero attached hydrogens (tertiary/aromatic N) is 2. The van der Waals surface area contributed by atoms with E-state index in [0.717, 1.165) is 6.26 Å². The van der Waals surface area contributed by atoms with Crippen molar-refractivity contribution < 1.29 is 46.5 Å². The number of hydrogen-bond acceptors (Lipinski definition) is 7. The van der Waals surface area contributed by atoms with Crippen LogP contribution in [0.3, 0.4) is 0 Å². The van der Waals surface area contributed by atoms with Gasteiger partial charge in [-0.3, -0.25) is 19.1 Å². The van der Waals surface area contributed by atoms with Crippen LogP contribution in [-0.4, -0.2) is 74.6 Å². The van der Waals surface area contributed by atoms with Gasteiger partial charge in [0.1, 0.15) is 5.67 Å². The number of fused-ring (bicyclic) bond motifs is 1. The first-order valence-electron chi connectivity index (χ1n) is 10.1. The highest BCUT2D eigenvalue weighted by Gasteiger charge is 2.56. The first kappa shape index (κ1) is 26.9. The third-order valence-electron chi connectivity index (χ3n) is 5.98. The molecule has 35 heavy (non-hydrogen) atoms. The van der Waals surface area contributed by atoms with Gasteiger partial charge in [0.25, 0.3) is 5.91 Å². The molecule has 3 atom stereocenters. The van der Waals surface area contributed by atoms with E-state index < -0.39 is 52.5 Å². The Morgan fingerprint density at radius 1 is 1.43 bits per heavy atom. The molecule has 1 aromatic rings. The van der Waals surface area contributed by atoms with E-state index in [0.29, 0.717) is 11.3 Å². The Labute approximate surface area is 200 Å². The van der Waals surface area contributed by atoms with E-state index in [1.54, 1.807) is 6.07 Å². The van der Waals surface area contributed by atoms with Crippen molar-refractivity contribution >= 4 is 29.6 Å². The van der Waals surface area contributed by atoms with E-state index in [-0.39, 0.29) is 25.9 Å². The third kappa shape index (κ3) is 5.93. The summed E-state index contributed by atoms with van der Waals surface area (Å²) >= 11 is 0. The molecule has 4 N–H and O–H groups in total. The van der Waals surface area contributed by atoms with Gasteiger partial charge in [0.15, 0.2) is 14.6 Å². The molecule has 2 aliphatic rings. The number of phosphoric acid groups is 1. The monoisotopic (exact) mass is 531 g/mol. The Morgan fingerprint density at radius 3 is 2.69 bits per heavy atom. The predicted octanol–water partition coefficient (Wildman–Crippen LogP) is 0.163. The number of alkyl halides is 1. The van der Waals surface area contributed by atoms with Gasteiger partial charge in [-0.25, -0.2) is 27.6 Å². The summed E-state index contributed by atoms with van der Waals surface area (Å²) in [6.45, 7) is 0.506. The zero-order valence-corrected chi connectivity index (χ0v) is 20.4. The number of halogens is 1. The average Bonchev–Trinajstić information content (AvgIpc) is 3.08. The standard InChI is InChI=1S/C20H23FN3O9PS/c1-19(17(25)22-27,35(2,31)32)7-8-23-12-16-9-14(11-24(16)18(23)26)5-3-4-6-15-10-20(15,21)13-33-34(28,29)30/h9,11,15,27H,7-8,10,12-13H2,1-2H3,(H,22,25)(H2,28,29,30)/t15-,19+,20?/m0/s1. The molecular formula is C20H23FN3O9PS. The van der Waals surface area contributed by atoms with E-state index in [9.17, 15) is 27.0 Å². The highest BCUT2D eigenvalue weighted by atomic mass is 32.2. The highest BCUT2D eigenvalue weighted by Crippen LogP contribution is 2.50. The Balaban J connectivity index is 1.59. The van der Waals surface area contributed by atoms with Crippen molar-refractivity contribution in [2.24, 2.45) is 5.92 Å². The summed E-state index contributed by atoms with van der Waals surface area (Å²) in [6.07, 6.45) is 2.09.